The first-order valence-corrected chi connectivity index (χ1v) is 9.83. The number of ether oxygens (including phenoxy) is 1. The molecule has 0 saturated carbocycles. The molecule has 1 heterocycles. The van der Waals surface area contributed by atoms with E-state index in [-0.39, 0.29) is 12.7 Å². The molecule has 2 aromatic rings. The van der Waals surface area contributed by atoms with E-state index in [1.165, 1.54) is 10.9 Å². The Kier molecular flexibility index (Phi) is 8.48. The lowest BCUT2D eigenvalue weighted by Gasteiger charge is -2.05. The highest BCUT2D eigenvalue weighted by Crippen LogP contribution is 2.34. The normalized spacial score (nSPS) is 10.9. The molecule has 0 aliphatic carbocycles. The Morgan fingerprint density at radius 3 is 2.36 bits per heavy atom. The van der Waals surface area contributed by atoms with E-state index in [1.807, 2.05) is 24.3 Å². The fraction of sp³-hybridized carbons (Fsp3) is 0.438. The Labute approximate surface area is 148 Å². The van der Waals surface area contributed by atoms with Crippen LogP contribution in [0.3, 0.4) is 0 Å². The monoisotopic (exact) mass is 370 g/mol. The second-order valence-electron chi connectivity index (χ2n) is 5.57. The smallest absolute Gasteiger partial charge is 0.327 e. The highest BCUT2D eigenvalue weighted by atomic mass is 31.2. The van der Waals surface area contributed by atoms with Gasteiger partial charge in [-0.3, -0.25) is 9.25 Å². The molecule has 0 unspecified atom stereocenters. The van der Waals surface area contributed by atoms with Crippen molar-refractivity contribution in [3.63, 3.8) is 0 Å². The summed E-state index contributed by atoms with van der Waals surface area (Å²) in [6, 6.07) is 7.48. The molecule has 0 spiro atoms. The van der Waals surface area contributed by atoms with Crippen LogP contribution >= 0.6 is 7.60 Å². The van der Waals surface area contributed by atoms with Crippen molar-refractivity contribution in [1.29, 1.82) is 0 Å². The Balaban J connectivity index is 0.000000251. The Bertz CT molecular complexity index is 682. The summed E-state index contributed by atoms with van der Waals surface area (Å²) in [6.45, 7) is 4.88. The largest absolute Gasteiger partial charge is 0.494 e. The van der Waals surface area contributed by atoms with Crippen LogP contribution in [0.2, 0.25) is 0 Å². The predicted octanol–water partition coefficient (Wildman–Crippen LogP) is 2.40. The van der Waals surface area contributed by atoms with Crippen molar-refractivity contribution in [3.05, 3.63) is 36.2 Å². The minimum Gasteiger partial charge on any atom is -0.494 e. The minimum atomic E-state index is -3.94. The van der Waals surface area contributed by atoms with Gasteiger partial charge in [0.15, 0.2) is 0 Å². The standard InChI is InChI=1S/C10H15NO.C6H12N3O3P/c1-2-3-8-12-10-6-4-9(11)5-7-10;1-5-6(7)4-8-9(5)2-3-13(10,11)12/h4-7H,2-3,8,11H2,1H3;4H,2-3,7H2,1H3,(H2,10,11,12). The number of hydrogen-bond donors (Lipinski definition) is 4. The second-order valence-corrected chi connectivity index (χ2v) is 7.34. The lowest BCUT2D eigenvalue weighted by molar-refractivity contribution is 0.309. The summed E-state index contributed by atoms with van der Waals surface area (Å²) in [5, 5.41) is 3.87. The maximum atomic E-state index is 10.5. The van der Waals surface area contributed by atoms with Crippen molar-refractivity contribution >= 4 is 19.0 Å². The van der Waals surface area contributed by atoms with Gasteiger partial charge in [-0.05, 0) is 37.6 Å². The third-order valence-corrected chi connectivity index (χ3v) is 4.17. The molecule has 6 N–H and O–H groups in total. The number of nitrogen functional groups attached to an aromatic ring is 2. The van der Waals surface area contributed by atoms with Crippen LogP contribution in [-0.4, -0.2) is 32.3 Å². The molecule has 0 amide bonds. The number of rotatable bonds is 7. The lowest BCUT2D eigenvalue weighted by atomic mass is 10.3. The van der Waals surface area contributed by atoms with Crippen LogP contribution in [0.4, 0.5) is 11.4 Å². The van der Waals surface area contributed by atoms with Crippen LogP contribution in [0, 0.1) is 6.92 Å². The van der Waals surface area contributed by atoms with E-state index in [4.69, 9.17) is 26.0 Å². The number of anilines is 2. The van der Waals surface area contributed by atoms with Crippen LogP contribution < -0.4 is 16.2 Å². The van der Waals surface area contributed by atoms with Crippen molar-refractivity contribution in [2.45, 2.75) is 33.2 Å². The number of unbranched alkanes of at least 4 members (excludes halogenated alkanes) is 1. The van der Waals surface area contributed by atoms with Crippen LogP contribution in [-0.2, 0) is 11.1 Å². The fourth-order valence-corrected chi connectivity index (χ4v) is 2.26. The van der Waals surface area contributed by atoms with Gasteiger partial charge in [-0.2, -0.15) is 5.10 Å². The molecule has 0 bridgehead atoms. The van der Waals surface area contributed by atoms with Crippen molar-refractivity contribution in [1.82, 2.24) is 9.78 Å². The number of aryl methyl sites for hydroxylation is 1. The van der Waals surface area contributed by atoms with E-state index in [9.17, 15) is 4.57 Å². The van der Waals surface area contributed by atoms with Crippen LogP contribution in [0.15, 0.2) is 30.5 Å². The van der Waals surface area contributed by atoms with Crippen molar-refractivity contribution < 1.29 is 19.1 Å². The predicted molar refractivity (Wildman–Crippen MR) is 99.5 cm³/mol. The lowest BCUT2D eigenvalue weighted by Crippen LogP contribution is -2.06. The van der Waals surface area contributed by atoms with Gasteiger partial charge in [0.2, 0.25) is 0 Å². The first-order chi connectivity index (χ1) is 11.7. The van der Waals surface area contributed by atoms with E-state index < -0.39 is 7.60 Å². The van der Waals surface area contributed by atoms with Gasteiger partial charge in [0.05, 0.1) is 36.9 Å². The van der Waals surface area contributed by atoms with Crippen molar-refractivity contribution in [2.75, 3.05) is 24.2 Å². The first-order valence-electron chi connectivity index (χ1n) is 8.03. The van der Waals surface area contributed by atoms with Gasteiger partial charge < -0.3 is 26.0 Å². The van der Waals surface area contributed by atoms with E-state index in [0.29, 0.717) is 5.69 Å². The molecule has 1 aromatic carbocycles. The second kappa shape index (κ2) is 10.1. The third-order valence-electron chi connectivity index (χ3n) is 3.39. The van der Waals surface area contributed by atoms with Crippen molar-refractivity contribution in [3.8, 4) is 5.75 Å². The van der Waals surface area contributed by atoms with Crippen LogP contribution in [0.5, 0.6) is 5.75 Å². The summed E-state index contributed by atoms with van der Waals surface area (Å²) in [5.74, 6) is 0.901. The molecule has 0 fully saturated rings. The van der Waals surface area contributed by atoms with E-state index in [1.54, 1.807) is 6.92 Å². The highest BCUT2D eigenvalue weighted by molar-refractivity contribution is 7.51. The fourth-order valence-electron chi connectivity index (χ4n) is 1.81. The number of hydrogen-bond acceptors (Lipinski definition) is 5. The van der Waals surface area contributed by atoms with E-state index >= 15 is 0 Å². The topological polar surface area (TPSA) is 137 Å². The molecule has 1 aromatic heterocycles. The van der Waals surface area contributed by atoms with Gasteiger partial charge in [0, 0.05) is 5.69 Å². The average molecular weight is 370 g/mol. The minimum absolute atomic E-state index is 0.188. The van der Waals surface area contributed by atoms with Crippen molar-refractivity contribution in [2.24, 2.45) is 0 Å². The highest BCUT2D eigenvalue weighted by Gasteiger charge is 2.13. The third kappa shape index (κ3) is 8.58. The summed E-state index contributed by atoms with van der Waals surface area (Å²) in [6.07, 6.45) is 3.52. The van der Waals surface area contributed by atoms with Gasteiger partial charge in [0.1, 0.15) is 5.75 Å². The summed E-state index contributed by atoms with van der Waals surface area (Å²) < 4.78 is 17.5. The maximum Gasteiger partial charge on any atom is 0.327 e. The van der Waals surface area contributed by atoms with Gasteiger partial charge in [-0.1, -0.05) is 13.3 Å². The number of benzene rings is 1. The molecule has 2 rings (SSSR count). The number of nitrogens with zero attached hydrogens (tertiary/aromatic N) is 2. The van der Waals surface area contributed by atoms with Gasteiger partial charge >= 0.3 is 7.60 Å². The quantitative estimate of drug-likeness (QED) is 0.334. The van der Waals surface area contributed by atoms with Gasteiger partial charge in [0.25, 0.3) is 0 Å². The number of aromatic nitrogens is 2. The molecule has 0 atom stereocenters. The molecule has 25 heavy (non-hydrogen) atoms. The van der Waals surface area contributed by atoms with Crippen LogP contribution in [0.1, 0.15) is 25.5 Å². The number of nitrogens with two attached hydrogens (primary N) is 2. The molecule has 140 valence electrons. The molecule has 0 aliphatic heterocycles. The SMILES string of the molecule is CCCCOc1ccc(N)cc1.Cc1c(N)cnn1CCP(=O)(O)O. The molecule has 0 saturated heterocycles. The Morgan fingerprint density at radius 1 is 1.24 bits per heavy atom. The summed E-state index contributed by atoms with van der Waals surface area (Å²) in [5.41, 5.74) is 13.1. The Morgan fingerprint density at radius 2 is 1.88 bits per heavy atom. The zero-order chi connectivity index (χ0) is 18.9. The molecular formula is C16H27N4O4P. The molecule has 0 radical (unpaired) electrons. The zero-order valence-corrected chi connectivity index (χ0v) is 15.5. The van der Waals surface area contributed by atoms with E-state index in [2.05, 4.69) is 12.0 Å². The summed E-state index contributed by atoms with van der Waals surface area (Å²) in [7, 11) is -3.94. The molecule has 9 heteroatoms. The first kappa shape index (κ1) is 21.0. The van der Waals surface area contributed by atoms with Gasteiger partial charge in [-0.25, -0.2) is 0 Å². The van der Waals surface area contributed by atoms with E-state index in [0.717, 1.165) is 36.6 Å². The maximum absolute atomic E-state index is 10.5. The van der Waals surface area contributed by atoms with Crippen LogP contribution in [0.25, 0.3) is 0 Å². The molecule has 0 aliphatic rings. The van der Waals surface area contributed by atoms with Gasteiger partial charge in [-0.15, -0.1) is 0 Å². The summed E-state index contributed by atoms with van der Waals surface area (Å²) >= 11 is 0. The molecule has 8 nitrogen and oxygen atoms in total. The Hall–Kier alpha value is -2.02. The summed E-state index contributed by atoms with van der Waals surface area (Å²) in [4.78, 5) is 17.2. The zero-order valence-electron chi connectivity index (χ0n) is 14.6. The molecular weight excluding hydrogens is 343 g/mol. The average Bonchev–Trinajstić information content (AvgIpc) is 2.87.